The van der Waals surface area contributed by atoms with Crippen LogP contribution in [0, 0.1) is 5.92 Å². The molecule has 5 nitrogen and oxygen atoms in total. The Hall–Kier alpha value is -0.810. The Morgan fingerprint density at radius 1 is 1.40 bits per heavy atom. The fraction of sp³-hybridized carbons (Fsp3) is 0.778. The summed E-state index contributed by atoms with van der Waals surface area (Å²) in [6.07, 6.45) is 0. The predicted molar refractivity (Wildman–Crippen MR) is 57.8 cm³/mol. The number of carbonyl (C=O) groups excluding carboxylic acids is 2. The number of methoxy groups -OCH3 is 1. The molecule has 0 saturated carbocycles. The highest BCUT2D eigenvalue weighted by Crippen LogP contribution is 1.96. The minimum absolute atomic E-state index is 0.0240. The van der Waals surface area contributed by atoms with Gasteiger partial charge in [-0.15, -0.1) is 11.6 Å². The Kier molecular flexibility index (Phi) is 8.04. The second-order valence-corrected chi connectivity index (χ2v) is 3.42. The van der Waals surface area contributed by atoms with E-state index in [-0.39, 0.29) is 30.2 Å². The molecular formula is C9H17ClN2O3. The molecule has 0 aromatic rings. The molecule has 6 heteroatoms. The fourth-order valence-corrected chi connectivity index (χ4v) is 0.907. The van der Waals surface area contributed by atoms with E-state index in [1.807, 2.05) is 0 Å². The minimum Gasteiger partial charge on any atom is -0.383 e. The average Bonchev–Trinajstić information content (AvgIpc) is 2.25. The van der Waals surface area contributed by atoms with Gasteiger partial charge in [0.15, 0.2) is 0 Å². The molecule has 2 amide bonds. The van der Waals surface area contributed by atoms with Gasteiger partial charge in [0.05, 0.1) is 13.2 Å². The van der Waals surface area contributed by atoms with Crippen molar-refractivity contribution in [2.75, 3.05) is 32.7 Å². The van der Waals surface area contributed by atoms with Gasteiger partial charge in [0.2, 0.25) is 11.8 Å². The van der Waals surface area contributed by atoms with Crippen LogP contribution in [-0.2, 0) is 14.3 Å². The molecule has 0 aliphatic carbocycles. The van der Waals surface area contributed by atoms with E-state index in [4.69, 9.17) is 16.3 Å². The van der Waals surface area contributed by atoms with Crippen LogP contribution in [0.2, 0.25) is 0 Å². The Bertz CT molecular complexity index is 212. The lowest BCUT2D eigenvalue weighted by Gasteiger charge is -2.09. The highest BCUT2D eigenvalue weighted by molar-refractivity contribution is 6.19. The number of nitrogens with one attached hydrogen (secondary N) is 2. The van der Waals surface area contributed by atoms with Gasteiger partial charge < -0.3 is 15.4 Å². The number of rotatable bonds is 7. The van der Waals surface area contributed by atoms with Gasteiger partial charge in [0.25, 0.3) is 0 Å². The Balaban J connectivity index is 3.57. The van der Waals surface area contributed by atoms with Gasteiger partial charge in [-0.25, -0.2) is 0 Å². The lowest BCUT2D eigenvalue weighted by atomic mass is 10.2. The van der Waals surface area contributed by atoms with Gasteiger partial charge in [-0.3, -0.25) is 9.59 Å². The molecule has 2 N–H and O–H groups in total. The van der Waals surface area contributed by atoms with Crippen molar-refractivity contribution >= 4 is 23.4 Å². The van der Waals surface area contributed by atoms with E-state index >= 15 is 0 Å². The summed E-state index contributed by atoms with van der Waals surface area (Å²) in [6, 6.07) is 0. The van der Waals surface area contributed by atoms with E-state index in [9.17, 15) is 9.59 Å². The lowest BCUT2D eigenvalue weighted by molar-refractivity contribution is -0.127. The summed E-state index contributed by atoms with van der Waals surface area (Å²) < 4.78 is 4.75. The molecule has 0 aromatic carbocycles. The first-order valence-corrected chi connectivity index (χ1v) is 5.24. The third-order valence-electron chi connectivity index (χ3n) is 1.73. The highest BCUT2D eigenvalue weighted by Gasteiger charge is 2.11. The van der Waals surface area contributed by atoms with Gasteiger partial charge in [-0.05, 0) is 0 Å². The van der Waals surface area contributed by atoms with Crippen LogP contribution in [0.25, 0.3) is 0 Å². The van der Waals surface area contributed by atoms with E-state index in [0.717, 1.165) is 0 Å². The maximum absolute atomic E-state index is 11.2. The highest BCUT2D eigenvalue weighted by atomic mass is 35.5. The Morgan fingerprint density at radius 2 is 2.07 bits per heavy atom. The number of carbonyl (C=O) groups is 2. The number of alkyl halides is 1. The molecule has 15 heavy (non-hydrogen) atoms. The predicted octanol–water partition coefficient (Wildman–Crippen LogP) is -0.260. The van der Waals surface area contributed by atoms with Gasteiger partial charge in [0, 0.05) is 25.5 Å². The van der Waals surface area contributed by atoms with E-state index in [1.165, 1.54) is 0 Å². The zero-order chi connectivity index (χ0) is 11.7. The molecule has 0 rings (SSSR count). The van der Waals surface area contributed by atoms with Gasteiger partial charge in [-0.1, -0.05) is 6.92 Å². The topological polar surface area (TPSA) is 67.4 Å². The Labute approximate surface area is 94.5 Å². The minimum atomic E-state index is -0.279. The zero-order valence-corrected chi connectivity index (χ0v) is 9.76. The molecule has 1 unspecified atom stereocenters. The lowest BCUT2D eigenvalue weighted by Crippen LogP contribution is -2.40. The second kappa shape index (κ2) is 8.49. The fourth-order valence-electron chi connectivity index (χ4n) is 0.767. The summed E-state index contributed by atoms with van der Waals surface area (Å²) in [4.78, 5) is 22.3. The van der Waals surface area contributed by atoms with Crippen LogP contribution in [0.1, 0.15) is 6.92 Å². The third-order valence-corrected chi connectivity index (χ3v) is 2.19. The largest absolute Gasteiger partial charge is 0.383 e. The quantitative estimate of drug-likeness (QED) is 0.473. The summed E-state index contributed by atoms with van der Waals surface area (Å²) in [7, 11) is 1.55. The van der Waals surface area contributed by atoms with Crippen molar-refractivity contribution in [1.82, 2.24) is 10.6 Å². The van der Waals surface area contributed by atoms with Crippen molar-refractivity contribution in [1.29, 1.82) is 0 Å². The molecule has 0 spiro atoms. The van der Waals surface area contributed by atoms with Crippen LogP contribution in [0.15, 0.2) is 0 Å². The Morgan fingerprint density at radius 3 is 2.60 bits per heavy atom. The SMILES string of the molecule is COCCNC(=O)CNC(=O)C(C)CCl. The van der Waals surface area contributed by atoms with Crippen molar-refractivity contribution in [3.05, 3.63) is 0 Å². The number of halogens is 1. The van der Waals surface area contributed by atoms with Crippen LogP contribution in [-0.4, -0.2) is 44.5 Å². The van der Waals surface area contributed by atoms with Crippen molar-refractivity contribution in [3.8, 4) is 0 Å². The van der Waals surface area contributed by atoms with Crippen molar-refractivity contribution < 1.29 is 14.3 Å². The molecule has 0 aliphatic rings. The number of hydrogen-bond acceptors (Lipinski definition) is 3. The van der Waals surface area contributed by atoms with Crippen molar-refractivity contribution in [3.63, 3.8) is 0 Å². The maximum atomic E-state index is 11.2. The molecule has 0 aromatic heterocycles. The first kappa shape index (κ1) is 14.2. The molecule has 88 valence electrons. The molecule has 1 atom stereocenters. The molecule has 0 aliphatic heterocycles. The zero-order valence-electron chi connectivity index (χ0n) is 9.01. The molecular weight excluding hydrogens is 220 g/mol. The molecule has 0 bridgehead atoms. The van der Waals surface area contributed by atoms with Crippen LogP contribution < -0.4 is 10.6 Å². The first-order chi connectivity index (χ1) is 7.11. The van der Waals surface area contributed by atoms with Crippen LogP contribution in [0.3, 0.4) is 0 Å². The molecule has 0 fully saturated rings. The second-order valence-electron chi connectivity index (χ2n) is 3.12. The number of amides is 2. The summed E-state index contributed by atoms with van der Waals surface area (Å²) >= 11 is 5.49. The normalized spacial score (nSPS) is 11.9. The smallest absolute Gasteiger partial charge is 0.239 e. The standard InChI is InChI=1S/C9H17ClN2O3/c1-7(5-10)9(14)12-6-8(13)11-3-4-15-2/h7H,3-6H2,1-2H3,(H,11,13)(H,12,14). The average molecular weight is 237 g/mol. The molecule has 0 radical (unpaired) electrons. The molecule has 0 heterocycles. The van der Waals surface area contributed by atoms with Gasteiger partial charge in [0.1, 0.15) is 0 Å². The van der Waals surface area contributed by atoms with Crippen LogP contribution >= 0.6 is 11.6 Å². The van der Waals surface area contributed by atoms with Crippen LogP contribution in [0.4, 0.5) is 0 Å². The summed E-state index contributed by atoms with van der Waals surface area (Å²) in [5.74, 6) is -0.482. The third kappa shape index (κ3) is 7.16. The number of ether oxygens (including phenoxy) is 1. The van der Waals surface area contributed by atoms with Gasteiger partial charge >= 0.3 is 0 Å². The van der Waals surface area contributed by atoms with E-state index in [0.29, 0.717) is 13.2 Å². The van der Waals surface area contributed by atoms with Crippen molar-refractivity contribution in [2.45, 2.75) is 6.92 Å². The van der Waals surface area contributed by atoms with E-state index < -0.39 is 0 Å². The summed E-state index contributed by atoms with van der Waals surface area (Å²) in [5, 5.41) is 5.07. The van der Waals surface area contributed by atoms with E-state index in [2.05, 4.69) is 10.6 Å². The van der Waals surface area contributed by atoms with E-state index in [1.54, 1.807) is 14.0 Å². The maximum Gasteiger partial charge on any atom is 0.239 e. The first-order valence-electron chi connectivity index (χ1n) is 4.71. The summed E-state index contributed by atoms with van der Waals surface area (Å²) in [6.45, 7) is 2.57. The monoisotopic (exact) mass is 236 g/mol. The van der Waals surface area contributed by atoms with Crippen LogP contribution in [0.5, 0.6) is 0 Å². The van der Waals surface area contributed by atoms with Crippen molar-refractivity contribution in [2.24, 2.45) is 5.92 Å². The number of hydrogen-bond donors (Lipinski definition) is 2. The molecule has 0 saturated heterocycles. The summed E-state index contributed by atoms with van der Waals surface area (Å²) in [5.41, 5.74) is 0. The van der Waals surface area contributed by atoms with Gasteiger partial charge in [-0.2, -0.15) is 0 Å².